The fourth-order valence-electron chi connectivity index (χ4n) is 2.50. The zero-order valence-electron chi connectivity index (χ0n) is 10.8. The van der Waals surface area contributed by atoms with Crippen molar-refractivity contribution in [2.24, 2.45) is 0 Å². The number of hydrogen-bond donors (Lipinski definition) is 1. The molecule has 1 aromatic carbocycles. The largest absolute Gasteiger partial charge is 0.367 e. The number of hydrogen-bond acceptors (Lipinski definition) is 5. The molecule has 2 rings (SSSR count). The van der Waals surface area contributed by atoms with Gasteiger partial charge in [-0.05, 0) is 32.0 Å². The maximum atomic E-state index is 11.0. The summed E-state index contributed by atoms with van der Waals surface area (Å²) in [7, 11) is 0. The van der Waals surface area contributed by atoms with Gasteiger partial charge in [-0.15, -0.1) is 0 Å². The van der Waals surface area contributed by atoms with Gasteiger partial charge in [-0.3, -0.25) is 10.1 Å². The number of nitrogens with zero attached hydrogens (tertiary/aromatic N) is 3. The minimum Gasteiger partial charge on any atom is -0.367 e. The Morgan fingerprint density at radius 2 is 2.42 bits per heavy atom. The van der Waals surface area contributed by atoms with Crippen molar-refractivity contribution >= 4 is 11.4 Å². The molecule has 19 heavy (non-hydrogen) atoms. The smallest absolute Gasteiger partial charge is 0.289 e. The molecule has 1 saturated heterocycles. The topological polar surface area (TPSA) is 82.2 Å². The molecule has 0 spiro atoms. The predicted octanol–water partition coefficient (Wildman–Crippen LogP) is 1.65. The minimum atomic E-state index is -0.497. The Labute approximate surface area is 111 Å². The van der Waals surface area contributed by atoms with E-state index in [4.69, 9.17) is 5.26 Å². The van der Waals surface area contributed by atoms with Gasteiger partial charge in [0.05, 0.1) is 4.92 Å². The molecule has 0 radical (unpaired) electrons. The van der Waals surface area contributed by atoms with Crippen molar-refractivity contribution in [3.05, 3.63) is 33.9 Å². The van der Waals surface area contributed by atoms with Crippen LogP contribution in [0.4, 0.5) is 11.4 Å². The van der Waals surface area contributed by atoms with E-state index in [0.717, 1.165) is 31.7 Å². The third-order valence-electron chi connectivity index (χ3n) is 3.45. The molecule has 1 unspecified atom stereocenters. The second-order valence-corrected chi connectivity index (χ2v) is 4.50. The lowest BCUT2D eigenvalue weighted by Crippen LogP contribution is -2.36. The molecule has 0 amide bonds. The number of benzene rings is 1. The zero-order chi connectivity index (χ0) is 13.8. The first-order valence-corrected chi connectivity index (χ1v) is 6.33. The quantitative estimate of drug-likeness (QED) is 0.657. The van der Waals surface area contributed by atoms with Crippen molar-refractivity contribution in [1.29, 1.82) is 5.26 Å². The Balaban J connectivity index is 2.35. The molecule has 1 aliphatic rings. The molecular weight excluding hydrogens is 244 g/mol. The van der Waals surface area contributed by atoms with Gasteiger partial charge in [0.1, 0.15) is 11.6 Å². The Kier molecular flexibility index (Phi) is 3.97. The molecule has 1 aliphatic heterocycles. The van der Waals surface area contributed by atoms with E-state index in [-0.39, 0.29) is 11.3 Å². The number of likely N-dealkylation sites (N-methyl/N-ethyl adjacent to an activating group) is 1. The zero-order valence-corrected chi connectivity index (χ0v) is 10.8. The van der Waals surface area contributed by atoms with E-state index >= 15 is 0 Å². The first kappa shape index (κ1) is 13.3. The average Bonchev–Trinajstić information content (AvgIpc) is 2.93. The van der Waals surface area contributed by atoms with Crippen LogP contribution in [0.25, 0.3) is 0 Å². The number of nitrogens with one attached hydrogen (secondary N) is 1. The molecule has 0 saturated carbocycles. The number of nitriles is 1. The summed E-state index contributed by atoms with van der Waals surface area (Å²) in [4.78, 5) is 12.6. The van der Waals surface area contributed by atoms with Crippen molar-refractivity contribution in [2.45, 2.75) is 19.4 Å². The summed E-state index contributed by atoms with van der Waals surface area (Å²) in [5.74, 6) is 0. The standard InChI is InChI=1S/C13H16N4O2/c1-2-16(12-5-6-15-9-12)11-4-3-10(8-14)13(7-11)17(18)19/h3-4,7,12,15H,2,5-6,9H2,1H3. The Hall–Kier alpha value is -2.13. The fourth-order valence-corrected chi connectivity index (χ4v) is 2.50. The van der Waals surface area contributed by atoms with Crippen LogP contribution in [-0.4, -0.2) is 30.6 Å². The van der Waals surface area contributed by atoms with Gasteiger partial charge in [0, 0.05) is 30.9 Å². The van der Waals surface area contributed by atoms with E-state index in [1.54, 1.807) is 6.07 Å². The maximum absolute atomic E-state index is 11.0. The molecular formula is C13H16N4O2. The van der Waals surface area contributed by atoms with Gasteiger partial charge in [0.2, 0.25) is 0 Å². The second-order valence-electron chi connectivity index (χ2n) is 4.50. The normalized spacial score (nSPS) is 18.0. The van der Waals surface area contributed by atoms with Crippen LogP contribution in [0.15, 0.2) is 18.2 Å². The maximum Gasteiger partial charge on any atom is 0.289 e. The molecule has 0 bridgehead atoms. The van der Waals surface area contributed by atoms with Crippen LogP contribution >= 0.6 is 0 Å². The summed E-state index contributed by atoms with van der Waals surface area (Å²) in [6.07, 6.45) is 1.03. The van der Waals surface area contributed by atoms with Gasteiger partial charge in [-0.1, -0.05) is 0 Å². The summed E-state index contributed by atoms with van der Waals surface area (Å²) in [6, 6.07) is 7.03. The predicted molar refractivity (Wildman–Crippen MR) is 72.1 cm³/mol. The van der Waals surface area contributed by atoms with E-state index < -0.39 is 4.92 Å². The SMILES string of the molecule is CCN(c1ccc(C#N)c([N+](=O)[O-])c1)C1CCNC1. The van der Waals surface area contributed by atoms with Crippen LogP contribution in [-0.2, 0) is 0 Å². The number of nitro groups is 1. The van der Waals surface area contributed by atoms with Gasteiger partial charge in [-0.25, -0.2) is 0 Å². The third-order valence-corrected chi connectivity index (χ3v) is 3.45. The number of nitro benzene ring substituents is 1. The van der Waals surface area contributed by atoms with Gasteiger partial charge < -0.3 is 10.2 Å². The van der Waals surface area contributed by atoms with Crippen LogP contribution < -0.4 is 10.2 Å². The van der Waals surface area contributed by atoms with Gasteiger partial charge >= 0.3 is 0 Å². The Bertz CT molecular complexity index is 518. The summed E-state index contributed by atoms with van der Waals surface area (Å²) in [5.41, 5.74) is 0.792. The van der Waals surface area contributed by atoms with E-state index in [0.29, 0.717) is 6.04 Å². The van der Waals surface area contributed by atoms with Gasteiger partial charge in [0.15, 0.2) is 0 Å². The summed E-state index contributed by atoms with van der Waals surface area (Å²) in [5, 5.41) is 23.2. The molecule has 1 fully saturated rings. The Morgan fingerprint density at radius 1 is 1.63 bits per heavy atom. The number of anilines is 1. The highest BCUT2D eigenvalue weighted by Gasteiger charge is 2.23. The monoisotopic (exact) mass is 260 g/mol. The lowest BCUT2D eigenvalue weighted by Gasteiger charge is -2.29. The fraction of sp³-hybridized carbons (Fsp3) is 0.462. The van der Waals surface area contributed by atoms with Gasteiger partial charge in [0.25, 0.3) is 5.69 Å². The molecule has 0 aromatic heterocycles. The van der Waals surface area contributed by atoms with Crippen LogP contribution in [0.5, 0.6) is 0 Å². The molecule has 6 nitrogen and oxygen atoms in total. The lowest BCUT2D eigenvalue weighted by atomic mass is 10.1. The van der Waals surface area contributed by atoms with Crippen LogP contribution in [0.3, 0.4) is 0 Å². The molecule has 6 heteroatoms. The first-order chi connectivity index (χ1) is 9.17. The summed E-state index contributed by atoms with van der Waals surface area (Å²) < 4.78 is 0. The molecule has 1 aromatic rings. The molecule has 0 aliphatic carbocycles. The van der Waals surface area contributed by atoms with Crippen molar-refractivity contribution < 1.29 is 4.92 Å². The molecule has 100 valence electrons. The van der Waals surface area contributed by atoms with E-state index in [1.807, 2.05) is 13.0 Å². The summed E-state index contributed by atoms with van der Waals surface area (Å²) in [6.45, 7) is 4.68. The highest BCUT2D eigenvalue weighted by molar-refractivity contribution is 5.60. The molecule has 1 N–H and O–H groups in total. The number of rotatable bonds is 4. The van der Waals surface area contributed by atoms with Crippen molar-refractivity contribution in [3.8, 4) is 6.07 Å². The molecule has 1 atom stereocenters. The van der Waals surface area contributed by atoms with E-state index in [1.165, 1.54) is 12.1 Å². The highest BCUT2D eigenvalue weighted by Crippen LogP contribution is 2.27. The highest BCUT2D eigenvalue weighted by atomic mass is 16.6. The van der Waals surface area contributed by atoms with Gasteiger partial charge in [-0.2, -0.15) is 5.26 Å². The van der Waals surface area contributed by atoms with Crippen molar-refractivity contribution in [3.63, 3.8) is 0 Å². The lowest BCUT2D eigenvalue weighted by molar-refractivity contribution is -0.385. The van der Waals surface area contributed by atoms with E-state index in [2.05, 4.69) is 10.2 Å². The van der Waals surface area contributed by atoms with Crippen LogP contribution in [0.2, 0.25) is 0 Å². The van der Waals surface area contributed by atoms with Crippen LogP contribution in [0.1, 0.15) is 18.9 Å². The Morgan fingerprint density at radius 3 is 2.95 bits per heavy atom. The third kappa shape index (κ3) is 2.66. The average molecular weight is 260 g/mol. The molecule has 1 heterocycles. The van der Waals surface area contributed by atoms with Crippen LogP contribution in [0, 0.1) is 21.4 Å². The van der Waals surface area contributed by atoms with Crippen molar-refractivity contribution in [1.82, 2.24) is 5.32 Å². The minimum absolute atomic E-state index is 0.106. The van der Waals surface area contributed by atoms with E-state index in [9.17, 15) is 10.1 Å². The first-order valence-electron chi connectivity index (χ1n) is 6.33. The second kappa shape index (κ2) is 5.67. The van der Waals surface area contributed by atoms with Crippen molar-refractivity contribution in [2.75, 3.05) is 24.5 Å². The summed E-state index contributed by atoms with van der Waals surface area (Å²) >= 11 is 0.